The Hall–Kier alpha value is -0.590. The topological polar surface area (TPSA) is 21.3 Å². The summed E-state index contributed by atoms with van der Waals surface area (Å²) in [7, 11) is 3.70. The lowest BCUT2D eigenvalue weighted by Gasteiger charge is -2.18. The van der Waals surface area contributed by atoms with E-state index in [0.717, 1.165) is 16.6 Å². The molecule has 0 aliphatic heterocycles. The zero-order chi connectivity index (χ0) is 14.5. The molecule has 1 unspecified atom stereocenters. The molecule has 2 nitrogen and oxygen atoms in total. The van der Waals surface area contributed by atoms with Gasteiger partial charge in [-0.15, -0.1) is 0 Å². The molecule has 0 aliphatic carbocycles. The van der Waals surface area contributed by atoms with E-state index >= 15 is 0 Å². The third kappa shape index (κ3) is 3.96. The molecule has 0 fully saturated rings. The molecule has 0 radical (unpaired) electrons. The molecule has 20 heavy (non-hydrogen) atoms. The van der Waals surface area contributed by atoms with Gasteiger partial charge in [0.1, 0.15) is 5.75 Å². The van der Waals surface area contributed by atoms with Crippen molar-refractivity contribution in [3.05, 3.63) is 61.6 Å². The number of nitrogens with one attached hydrogen (secondary N) is 1. The van der Waals surface area contributed by atoms with E-state index in [4.69, 9.17) is 4.74 Å². The van der Waals surface area contributed by atoms with Crippen LogP contribution in [0.25, 0.3) is 0 Å². The summed E-state index contributed by atoms with van der Waals surface area (Å²) in [5.74, 6) is 0.890. The van der Waals surface area contributed by atoms with Crippen molar-refractivity contribution >= 4 is 38.5 Å². The Morgan fingerprint density at radius 3 is 2.70 bits per heavy atom. The molecule has 0 spiro atoms. The van der Waals surface area contributed by atoms with Crippen LogP contribution < -0.4 is 10.1 Å². The van der Waals surface area contributed by atoms with E-state index in [0.29, 0.717) is 0 Å². The van der Waals surface area contributed by atoms with E-state index in [-0.39, 0.29) is 6.04 Å². The van der Waals surface area contributed by atoms with Crippen LogP contribution >= 0.6 is 38.5 Å². The normalized spacial score (nSPS) is 12.2. The summed E-state index contributed by atoms with van der Waals surface area (Å²) in [5, 5.41) is 3.39. The van der Waals surface area contributed by atoms with E-state index in [2.05, 4.69) is 74.2 Å². The number of hydrogen-bond donors (Lipinski definition) is 1. The van der Waals surface area contributed by atoms with E-state index in [9.17, 15) is 0 Å². The highest BCUT2D eigenvalue weighted by Crippen LogP contribution is 2.27. The van der Waals surface area contributed by atoms with Gasteiger partial charge in [0.2, 0.25) is 0 Å². The fourth-order valence-electron chi connectivity index (χ4n) is 2.16. The highest BCUT2D eigenvalue weighted by atomic mass is 127. The van der Waals surface area contributed by atoms with E-state index in [1.807, 2.05) is 19.2 Å². The van der Waals surface area contributed by atoms with E-state index < -0.39 is 0 Å². The summed E-state index contributed by atoms with van der Waals surface area (Å²) in [4.78, 5) is 0. The van der Waals surface area contributed by atoms with Gasteiger partial charge in [-0.1, -0.05) is 28.1 Å². The van der Waals surface area contributed by atoms with Gasteiger partial charge in [-0.3, -0.25) is 0 Å². The minimum absolute atomic E-state index is 0.285. The van der Waals surface area contributed by atoms with Crippen molar-refractivity contribution in [3.8, 4) is 5.75 Å². The number of benzene rings is 2. The van der Waals surface area contributed by atoms with Gasteiger partial charge >= 0.3 is 0 Å². The maximum Gasteiger partial charge on any atom is 0.119 e. The molecule has 0 heterocycles. The average Bonchev–Trinajstić information content (AvgIpc) is 2.46. The first-order chi connectivity index (χ1) is 9.63. The molecule has 0 aromatic heterocycles. The Kier molecular flexibility index (Phi) is 5.86. The predicted molar refractivity (Wildman–Crippen MR) is 95.4 cm³/mol. The Bertz CT molecular complexity index is 588. The van der Waals surface area contributed by atoms with Crippen molar-refractivity contribution in [1.29, 1.82) is 0 Å². The SMILES string of the molecule is CNC(Cc1cc(OC)ccc1Br)c1cccc(I)c1. The van der Waals surface area contributed by atoms with Crippen LogP contribution in [0.4, 0.5) is 0 Å². The minimum Gasteiger partial charge on any atom is -0.497 e. The smallest absolute Gasteiger partial charge is 0.119 e. The van der Waals surface area contributed by atoms with Gasteiger partial charge in [-0.2, -0.15) is 0 Å². The minimum atomic E-state index is 0.285. The van der Waals surface area contributed by atoms with Crippen LogP contribution in [0.1, 0.15) is 17.2 Å². The first-order valence-corrected chi connectivity index (χ1v) is 8.26. The summed E-state index contributed by atoms with van der Waals surface area (Å²) in [6, 6.07) is 15.0. The molecule has 0 bridgehead atoms. The molecule has 0 aliphatic rings. The van der Waals surface area contributed by atoms with Gasteiger partial charge in [-0.25, -0.2) is 0 Å². The quantitative estimate of drug-likeness (QED) is 0.681. The third-order valence-electron chi connectivity index (χ3n) is 3.28. The summed E-state index contributed by atoms with van der Waals surface area (Å²) < 4.78 is 7.68. The molecule has 2 rings (SSSR count). The summed E-state index contributed by atoms with van der Waals surface area (Å²) in [6.07, 6.45) is 0.911. The number of hydrogen-bond acceptors (Lipinski definition) is 2. The van der Waals surface area contributed by atoms with Crippen LogP contribution in [-0.2, 0) is 6.42 Å². The van der Waals surface area contributed by atoms with Crippen LogP contribution in [0.5, 0.6) is 5.75 Å². The first-order valence-electron chi connectivity index (χ1n) is 6.39. The third-order valence-corrected chi connectivity index (χ3v) is 4.72. The van der Waals surface area contributed by atoms with Gasteiger partial charge in [0, 0.05) is 14.1 Å². The van der Waals surface area contributed by atoms with Gasteiger partial charge < -0.3 is 10.1 Å². The summed E-state index contributed by atoms with van der Waals surface area (Å²) >= 11 is 5.97. The van der Waals surface area contributed by atoms with Crippen LogP contribution in [0.3, 0.4) is 0 Å². The predicted octanol–water partition coefficient (Wildman–Crippen LogP) is 4.57. The van der Waals surface area contributed by atoms with E-state index in [1.165, 1.54) is 14.7 Å². The average molecular weight is 446 g/mol. The van der Waals surface area contributed by atoms with Crippen molar-refractivity contribution in [2.75, 3.05) is 14.2 Å². The van der Waals surface area contributed by atoms with Gasteiger partial charge in [0.25, 0.3) is 0 Å². The van der Waals surface area contributed by atoms with Crippen molar-refractivity contribution < 1.29 is 4.74 Å². The fourth-order valence-corrected chi connectivity index (χ4v) is 3.14. The van der Waals surface area contributed by atoms with Gasteiger partial charge in [0.15, 0.2) is 0 Å². The number of likely N-dealkylation sites (N-methyl/N-ethyl adjacent to an activating group) is 1. The maximum absolute atomic E-state index is 5.31. The largest absolute Gasteiger partial charge is 0.497 e. The zero-order valence-corrected chi connectivity index (χ0v) is 15.2. The van der Waals surface area contributed by atoms with Crippen LogP contribution in [-0.4, -0.2) is 14.2 Å². The molecule has 106 valence electrons. The number of ether oxygens (including phenoxy) is 1. The summed E-state index contributed by atoms with van der Waals surface area (Å²) in [6.45, 7) is 0. The lowest BCUT2D eigenvalue weighted by atomic mass is 9.99. The zero-order valence-electron chi connectivity index (χ0n) is 11.5. The molecule has 1 N–H and O–H groups in total. The molecule has 2 aromatic rings. The Labute approximate surface area is 142 Å². The Morgan fingerprint density at radius 2 is 2.05 bits per heavy atom. The number of methoxy groups -OCH3 is 1. The fraction of sp³-hybridized carbons (Fsp3) is 0.250. The van der Waals surface area contributed by atoms with Gasteiger partial charge in [0.05, 0.1) is 7.11 Å². The monoisotopic (exact) mass is 445 g/mol. The Balaban J connectivity index is 2.26. The van der Waals surface area contributed by atoms with Crippen molar-refractivity contribution in [2.24, 2.45) is 0 Å². The first kappa shape index (κ1) is 15.8. The Morgan fingerprint density at radius 1 is 1.25 bits per heavy atom. The molecular formula is C16H17BrINO. The van der Waals surface area contributed by atoms with Crippen LogP contribution in [0.2, 0.25) is 0 Å². The number of rotatable bonds is 5. The second kappa shape index (κ2) is 7.43. The van der Waals surface area contributed by atoms with Crippen LogP contribution in [0.15, 0.2) is 46.9 Å². The lowest BCUT2D eigenvalue weighted by molar-refractivity contribution is 0.414. The molecule has 1 atom stereocenters. The molecule has 0 saturated carbocycles. The summed E-state index contributed by atoms with van der Waals surface area (Å²) in [5.41, 5.74) is 2.54. The maximum atomic E-state index is 5.31. The molecule has 4 heteroatoms. The molecule has 0 amide bonds. The van der Waals surface area contributed by atoms with E-state index in [1.54, 1.807) is 7.11 Å². The van der Waals surface area contributed by atoms with Crippen molar-refractivity contribution in [1.82, 2.24) is 5.32 Å². The molecular weight excluding hydrogens is 429 g/mol. The second-order valence-corrected chi connectivity index (χ2v) is 6.66. The highest BCUT2D eigenvalue weighted by Gasteiger charge is 2.13. The lowest BCUT2D eigenvalue weighted by Crippen LogP contribution is -2.19. The highest BCUT2D eigenvalue weighted by molar-refractivity contribution is 14.1. The van der Waals surface area contributed by atoms with Gasteiger partial charge in [-0.05, 0) is 77.5 Å². The van der Waals surface area contributed by atoms with Crippen molar-refractivity contribution in [3.63, 3.8) is 0 Å². The van der Waals surface area contributed by atoms with Crippen LogP contribution in [0, 0.1) is 3.57 Å². The molecule has 0 saturated heterocycles. The second-order valence-electron chi connectivity index (χ2n) is 4.56. The molecule has 2 aromatic carbocycles. The van der Waals surface area contributed by atoms with Crippen molar-refractivity contribution in [2.45, 2.75) is 12.5 Å². The number of halogens is 2. The standard InChI is InChI=1S/C16H17BrINO/c1-19-16(11-4-3-5-13(18)8-11)10-12-9-14(20-2)6-7-15(12)17/h3-9,16,19H,10H2,1-2H3.